The number of aliphatic imine (C=N–C) groups is 1. The van der Waals surface area contributed by atoms with Crippen LogP contribution in [-0.4, -0.2) is 44.9 Å². The van der Waals surface area contributed by atoms with Crippen LogP contribution in [0.4, 0.5) is 13.2 Å². The first kappa shape index (κ1) is 25.0. The molecule has 3 aromatic rings. The Morgan fingerprint density at radius 3 is 2.08 bits per heavy atom. The lowest BCUT2D eigenvalue weighted by molar-refractivity contribution is -0.274. The van der Waals surface area contributed by atoms with Crippen molar-refractivity contribution in [1.29, 1.82) is 0 Å². The van der Waals surface area contributed by atoms with Crippen molar-refractivity contribution in [3.05, 3.63) is 83.9 Å². The standard InChI is InChI=1S/C24H20F3N3O5S/c1-30-21(31)23(29-22(30)28,17-9-11-19(12-10-17)35-36(2,32)33)18-7-3-5-15(13-18)16-6-4-8-20(14-16)34-24(25,26)27/h3-14H,1-2H3,(H2,28,29). The smallest absolute Gasteiger partial charge is 0.406 e. The van der Waals surface area contributed by atoms with Gasteiger partial charge in [0.15, 0.2) is 11.5 Å². The summed E-state index contributed by atoms with van der Waals surface area (Å²) in [7, 11) is -2.30. The highest BCUT2D eigenvalue weighted by molar-refractivity contribution is 7.86. The van der Waals surface area contributed by atoms with E-state index in [9.17, 15) is 26.4 Å². The average molecular weight is 520 g/mol. The molecule has 0 aromatic heterocycles. The number of ether oxygens (including phenoxy) is 1. The predicted octanol–water partition coefficient (Wildman–Crippen LogP) is 3.62. The summed E-state index contributed by atoms with van der Waals surface area (Å²) in [5, 5.41) is 0. The number of hydrogen-bond acceptors (Lipinski definition) is 7. The normalized spacial score (nSPS) is 18.2. The number of nitrogens with zero attached hydrogens (tertiary/aromatic N) is 2. The second kappa shape index (κ2) is 8.86. The lowest BCUT2D eigenvalue weighted by atomic mass is 9.81. The predicted molar refractivity (Wildman–Crippen MR) is 126 cm³/mol. The van der Waals surface area contributed by atoms with Crippen LogP contribution in [0.1, 0.15) is 11.1 Å². The third-order valence-electron chi connectivity index (χ3n) is 5.44. The summed E-state index contributed by atoms with van der Waals surface area (Å²) < 4.78 is 69.8. The van der Waals surface area contributed by atoms with E-state index in [1.165, 1.54) is 54.4 Å². The highest BCUT2D eigenvalue weighted by Gasteiger charge is 2.49. The van der Waals surface area contributed by atoms with Crippen LogP contribution in [0.3, 0.4) is 0 Å². The van der Waals surface area contributed by atoms with Gasteiger partial charge in [-0.1, -0.05) is 42.5 Å². The van der Waals surface area contributed by atoms with Crippen LogP contribution in [0, 0.1) is 0 Å². The number of guanidine groups is 1. The van der Waals surface area contributed by atoms with Gasteiger partial charge < -0.3 is 14.7 Å². The van der Waals surface area contributed by atoms with E-state index >= 15 is 0 Å². The number of amides is 1. The molecular weight excluding hydrogens is 499 g/mol. The maximum absolute atomic E-state index is 13.5. The molecule has 1 heterocycles. The molecule has 1 aliphatic heterocycles. The molecular formula is C24H20F3N3O5S. The lowest BCUT2D eigenvalue weighted by Crippen LogP contribution is -2.41. The van der Waals surface area contributed by atoms with E-state index in [1.807, 2.05) is 0 Å². The van der Waals surface area contributed by atoms with Gasteiger partial charge in [-0.15, -0.1) is 13.2 Å². The number of rotatable bonds is 6. The van der Waals surface area contributed by atoms with Crippen molar-refractivity contribution < 1.29 is 35.3 Å². The van der Waals surface area contributed by atoms with Gasteiger partial charge in [-0.05, 0) is 52.6 Å². The van der Waals surface area contributed by atoms with Gasteiger partial charge in [-0.2, -0.15) is 8.42 Å². The number of hydrogen-bond donors (Lipinski definition) is 1. The highest BCUT2D eigenvalue weighted by Crippen LogP contribution is 2.41. The summed E-state index contributed by atoms with van der Waals surface area (Å²) in [6.07, 6.45) is -3.94. The Morgan fingerprint density at radius 1 is 0.917 bits per heavy atom. The topological polar surface area (TPSA) is 111 Å². The minimum atomic E-state index is -4.84. The number of carbonyl (C=O) groups excluding carboxylic acids is 1. The Morgan fingerprint density at radius 2 is 1.53 bits per heavy atom. The molecule has 1 amide bonds. The van der Waals surface area contributed by atoms with Crippen LogP contribution in [0.25, 0.3) is 11.1 Å². The van der Waals surface area contributed by atoms with Crippen molar-refractivity contribution in [3.8, 4) is 22.6 Å². The molecule has 4 rings (SSSR count). The third-order valence-corrected chi connectivity index (χ3v) is 5.94. The quantitative estimate of drug-likeness (QED) is 0.498. The number of alkyl halides is 3. The molecule has 0 radical (unpaired) electrons. The second-order valence-corrected chi connectivity index (χ2v) is 9.59. The van der Waals surface area contributed by atoms with Crippen molar-refractivity contribution in [1.82, 2.24) is 4.90 Å². The van der Waals surface area contributed by atoms with Gasteiger partial charge in [-0.25, -0.2) is 4.99 Å². The van der Waals surface area contributed by atoms with Crippen molar-refractivity contribution in [2.75, 3.05) is 13.3 Å². The number of halogens is 3. The Hall–Kier alpha value is -4.06. The molecule has 0 bridgehead atoms. The summed E-state index contributed by atoms with van der Waals surface area (Å²) in [5.74, 6) is -0.853. The molecule has 36 heavy (non-hydrogen) atoms. The van der Waals surface area contributed by atoms with Crippen molar-refractivity contribution >= 4 is 22.0 Å². The molecule has 188 valence electrons. The first-order chi connectivity index (χ1) is 16.8. The molecule has 0 saturated heterocycles. The van der Waals surface area contributed by atoms with Gasteiger partial charge in [0, 0.05) is 7.05 Å². The lowest BCUT2D eigenvalue weighted by Gasteiger charge is -2.26. The SMILES string of the molecule is CN1C(=O)C(c2ccc(OS(C)(=O)=O)cc2)(c2cccc(-c3cccc(OC(F)(F)F)c3)c2)N=C1N. The van der Waals surface area contributed by atoms with Crippen molar-refractivity contribution in [2.45, 2.75) is 11.9 Å². The number of likely N-dealkylation sites (N-methyl/N-ethyl adjacent to an activating group) is 1. The van der Waals surface area contributed by atoms with E-state index < -0.39 is 27.9 Å². The molecule has 0 aliphatic carbocycles. The van der Waals surface area contributed by atoms with E-state index in [2.05, 4.69) is 9.73 Å². The largest absolute Gasteiger partial charge is 0.573 e. The Bertz CT molecular complexity index is 1460. The maximum atomic E-state index is 13.5. The number of nitrogens with two attached hydrogens (primary N) is 1. The van der Waals surface area contributed by atoms with E-state index in [4.69, 9.17) is 9.92 Å². The first-order valence-corrected chi connectivity index (χ1v) is 12.2. The third kappa shape index (κ3) is 4.98. The number of benzene rings is 3. The minimum Gasteiger partial charge on any atom is -0.406 e. The van der Waals surface area contributed by atoms with Gasteiger partial charge in [-0.3, -0.25) is 9.69 Å². The van der Waals surface area contributed by atoms with Crippen LogP contribution >= 0.6 is 0 Å². The molecule has 1 atom stereocenters. The highest BCUT2D eigenvalue weighted by atomic mass is 32.2. The van der Waals surface area contributed by atoms with E-state index in [0.717, 1.165) is 6.26 Å². The molecule has 2 N–H and O–H groups in total. The fourth-order valence-electron chi connectivity index (χ4n) is 3.91. The fourth-order valence-corrected chi connectivity index (χ4v) is 4.37. The monoisotopic (exact) mass is 519 g/mol. The molecule has 3 aromatic carbocycles. The van der Waals surface area contributed by atoms with Gasteiger partial charge >= 0.3 is 16.5 Å². The Kier molecular flexibility index (Phi) is 6.17. The zero-order valence-corrected chi connectivity index (χ0v) is 19.8. The Labute approximate surface area is 204 Å². The van der Waals surface area contributed by atoms with Gasteiger partial charge in [0.05, 0.1) is 6.26 Å². The zero-order valence-electron chi connectivity index (χ0n) is 19.0. The Balaban J connectivity index is 1.81. The van der Waals surface area contributed by atoms with Gasteiger partial charge in [0.25, 0.3) is 5.91 Å². The summed E-state index contributed by atoms with van der Waals surface area (Å²) in [6, 6.07) is 17.8. The van der Waals surface area contributed by atoms with Gasteiger partial charge in [0.1, 0.15) is 11.5 Å². The van der Waals surface area contributed by atoms with Crippen LogP contribution in [-0.2, 0) is 20.5 Å². The van der Waals surface area contributed by atoms with Crippen molar-refractivity contribution in [3.63, 3.8) is 0 Å². The van der Waals surface area contributed by atoms with Crippen LogP contribution < -0.4 is 14.7 Å². The summed E-state index contributed by atoms with van der Waals surface area (Å²) in [6.45, 7) is 0. The van der Waals surface area contributed by atoms with Crippen LogP contribution in [0.15, 0.2) is 77.8 Å². The summed E-state index contributed by atoms with van der Waals surface area (Å²) in [4.78, 5) is 19.1. The van der Waals surface area contributed by atoms with E-state index in [1.54, 1.807) is 30.3 Å². The molecule has 0 saturated carbocycles. The molecule has 0 fully saturated rings. The molecule has 1 unspecified atom stereocenters. The number of carbonyl (C=O) groups is 1. The van der Waals surface area contributed by atoms with Crippen LogP contribution in [0.5, 0.6) is 11.5 Å². The maximum Gasteiger partial charge on any atom is 0.573 e. The fraction of sp³-hybridized carbons (Fsp3) is 0.167. The summed E-state index contributed by atoms with van der Waals surface area (Å²) >= 11 is 0. The van der Waals surface area contributed by atoms with Crippen molar-refractivity contribution in [2.24, 2.45) is 10.7 Å². The first-order valence-electron chi connectivity index (χ1n) is 10.4. The molecule has 8 nitrogen and oxygen atoms in total. The van der Waals surface area contributed by atoms with Crippen LogP contribution in [0.2, 0.25) is 0 Å². The average Bonchev–Trinajstić information content (AvgIpc) is 3.02. The zero-order chi connectivity index (χ0) is 26.3. The van der Waals surface area contributed by atoms with E-state index in [0.29, 0.717) is 22.3 Å². The van der Waals surface area contributed by atoms with Gasteiger partial charge in [0.2, 0.25) is 0 Å². The van der Waals surface area contributed by atoms with E-state index in [-0.39, 0.29) is 17.5 Å². The molecule has 0 spiro atoms. The molecule has 12 heteroatoms. The minimum absolute atomic E-state index is 0.0394. The second-order valence-electron chi connectivity index (χ2n) is 8.01. The molecule has 1 aliphatic rings. The summed E-state index contributed by atoms with van der Waals surface area (Å²) in [5.41, 5.74) is 6.08.